The number of carboxylic acids is 1. The molecule has 7 nitrogen and oxygen atoms in total. The highest BCUT2D eigenvalue weighted by molar-refractivity contribution is 7.89. The van der Waals surface area contributed by atoms with E-state index in [0.717, 1.165) is 19.0 Å². The fraction of sp³-hybridized carbons (Fsp3) is 0.667. The minimum Gasteiger partial charge on any atom is -0.478 e. The Hall–Kier alpha value is -1.41. The van der Waals surface area contributed by atoms with E-state index in [4.69, 9.17) is 5.11 Å². The second-order valence-electron chi connectivity index (χ2n) is 4.64. The lowest BCUT2D eigenvalue weighted by atomic mass is 10.2. The molecule has 1 unspecified atom stereocenters. The molecule has 1 atom stereocenters. The summed E-state index contributed by atoms with van der Waals surface area (Å²) in [6.45, 7) is 6.04. The number of hydrogen-bond donors (Lipinski definition) is 2. The molecule has 20 heavy (non-hydrogen) atoms. The van der Waals surface area contributed by atoms with E-state index < -0.39 is 16.0 Å². The number of nitrogens with zero attached hydrogens (tertiary/aromatic N) is 2. The van der Waals surface area contributed by atoms with Gasteiger partial charge in [-0.3, -0.25) is 5.10 Å². The van der Waals surface area contributed by atoms with Gasteiger partial charge >= 0.3 is 5.97 Å². The standard InChI is InChI=1S/C12H21N3O4S/c1-4-6-7-15(9(3)5-2)20(18,19)11-10(12(16)17)8-13-14-11/h8-9H,4-7H2,1-3H3,(H,13,14)(H,16,17). The van der Waals surface area contributed by atoms with Gasteiger partial charge in [-0.2, -0.15) is 9.40 Å². The number of carbonyl (C=O) groups is 1. The number of aromatic carboxylic acids is 1. The SMILES string of the molecule is CCCCN(C(C)CC)S(=O)(=O)c1[nH]ncc1C(=O)O. The predicted molar refractivity (Wildman–Crippen MR) is 74.1 cm³/mol. The molecule has 1 heterocycles. The molecule has 0 fully saturated rings. The Labute approximate surface area is 119 Å². The van der Waals surface area contributed by atoms with Crippen LogP contribution in [0.1, 0.15) is 50.4 Å². The van der Waals surface area contributed by atoms with Crippen LogP contribution in [-0.2, 0) is 10.0 Å². The molecule has 0 aliphatic carbocycles. The molecule has 114 valence electrons. The Morgan fingerprint density at radius 1 is 1.50 bits per heavy atom. The van der Waals surface area contributed by atoms with Gasteiger partial charge in [0.1, 0.15) is 5.56 Å². The molecule has 0 saturated carbocycles. The first-order valence-corrected chi connectivity index (χ1v) is 8.08. The zero-order valence-electron chi connectivity index (χ0n) is 12.0. The quantitative estimate of drug-likeness (QED) is 0.760. The van der Waals surface area contributed by atoms with E-state index in [1.165, 1.54) is 4.31 Å². The normalized spacial score (nSPS) is 13.6. The van der Waals surface area contributed by atoms with Gasteiger partial charge < -0.3 is 5.11 Å². The predicted octanol–water partition coefficient (Wildman–Crippen LogP) is 1.70. The van der Waals surface area contributed by atoms with Gasteiger partial charge in [-0.15, -0.1) is 0 Å². The molecule has 0 aromatic carbocycles. The van der Waals surface area contributed by atoms with Gasteiger partial charge in [0.25, 0.3) is 10.0 Å². The second kappa shape index (κ2) is 6.85. The molecule has 2 N–H and O–H groups in total. The van der Waals surface area contributed by atoms with Gasteiger partial charge in [-0.05, 0) is 19.8 Å². The number of sulfonamides is 1. The minimum absolute atomic E-state index is 0.198. The van der Waals surface area contributed by atoms with Crippen molar-refractivity contribution in [3.05, 3.63) is 11.8 Å². The van der Waals surface area contributed by atoms with Crippen LogP contribution in [0.4, 0.5) is 0 Å². The maximum atomic E-state index is 12.6. The number of carboxylic acid groups (broad SMARTS) is 1. The van der Waals surface area contributed by atoms with Crippen LogP contribution in [0.5, 0.6) is 0 Å². The van der Waals surface area contributed by atoms with Crippen LogP contribution < -0.4 is 0 Å². The van der Waals surface area contributed by atoms with Crippen molar-refractivity contribution in [2.75, 3.05) is 6.54 Å². The first-order valence-electron chi connectivity index (χ1n) is 6.64. The zero-order chi connectivity index (χ0) is 15.3. The summed E-state index contributed by atoms with van der Waals surface area (Å²) in [6, 6.07) is -0.198. The Kier molecular flexibility index (Phi) is 5.70. The third-order valence-electron chi connectivity index (χ3n) is 3.22. The van der Waals surface area contributed by atoms with Crippen molar-refractivity contribution >= 4 is 16.0 Å². The third-order valence-corrected chi connectivity index (χ3v) is 5.20. The Morgan fingerprint density at radius 2 is 2.15 bits per heavy atom. The van der Waals surface area contributed by atoms with Crippen LogP contribution in [0, 0.1) is 0 Å². The third kappa shape index (κ3) is 3.37. The molecule has 0 aliphatic heterocycles. The minimum atomic E-state index is -3.88. The number of aromatic amines is 1. The van der Waals surface area contributed by atoms with Crippen molar-refractivity contribution in [2.45, 2.75) is 51.1 Å². The number of hydrogen-bond acceptors (Lipinski definition) is 4. The van der Waals surface area contributed by atoms with E-state index in [0.29, 0.717) is 13.0 Å². The van der Waals surface area contributed by atoms with Gasteiger partial charge in [0.05, 0.1) is 6.20 Å². The van der Waals surface area contributed by atoms with Crippen molar-refractivity contribution in [1.82, 2.24) is 14.5 Å². The molecular weight excluding hydrogens is 282 g/mol. The van der Waals surface area contributed by atoms with Gasteiger partial charge in [0.15, 0.2) is 5.03 Å². The number of aromatic nitrogens is 2. The number of nitrogens with one attached hydrogen (secondary N) is 1. The van der Waals surface area contributed by atoms with E-state index in [1.807, 2.05) is 20.8 Å². The van der Waals surface area contributed by atoms with Gasteiger partial charge in [-0.25, -0.2) is 13.2 Å². The van der Waals surface area contributed by atoms with E-state index in [-0.39, 0.29) is 16.6 Å². The summed E-state index contributed by atoms with van der Waals surface area (Å²) in [7, 11) is -3.88. The van der Waals surface area contributed by atoms with Crippen molar-refractivity contribution in [2.24, 2.45) is 0 Å². The highest BCUT2D eigenvalue weighted by Gasteiger charge is 2.33. The lowest BCUT2D eigenvalue weighted by Gasteiger charge is -2.27. The van der Waals surface area contributed by atoms with Crippen molar-refractivity contribution < 1.29 is 18.3 Å². The van der Waals surface area contributed by atoms with Gasteiger partial charge in [-0.1, -0.05) is 20.3 Å². The summed E-state index contributed by atoms with van der Waals surface area (Å²) in [4.78, 5) is 11.1. The summed E-state index contributed by atoms with van der Waals surface area (Å²) >= 11 is 0. The second-order valence-corrected chi connectivity index (χ2v) is 6.47. The topological polar surface area (TPSA) is 103 Å². The highest BCUT2D eigenvalue weighted by atomic mass is 32.2. The van der Waals surface area contributed by atoms with E-state index in [9.17, 15) is 13.2 Å². The molecule has 0 radical (unpaired) electrons. The molecule has 0 amide bonds. The smallest absolute Gasteiger partial charge is 0.340 e. The average molecular weight is 303 g/mol. The number of unbranched alkanes of at least 4 members (excludes halogenated alkanes) is 1. The Balaban J connectivity index is 3.21. The lowest BCUT2D eigenvalue weighted by molar-refractivity contribution is 0.0692. The lowest BCUT2D eigenvalue weighted by Crippen LogP contribution is -2.39. The molecular formula is C12H21N3O4S. The fourth-order valence-electron chi connectivity index (χ4n) is 1.84. The maximum absolute atomic E-state index is 12.6. The Bertz CT molecular complexity index is 553. The molecule has 1 aromatic heterocycles. The first kappa shape index (κ1) is 16.6. The van der Waals surface area contributed by atoms with Crippen LogP contribution in [-0.4, -0.2) is 46.6 Å². The molecule has 1 rings (SSSR count). The summed E-state index contributed by atoms with van der Waals surface area (Å²) in [5.74, 6) is -1.31. The molecule has 0 bridgehead atoms. The van der Waals surface area contributed by atoms with Crippen LogP contribution in [0.2, 0.25) is 0 Å². The zero-order valence-corrected chi connectivity index (χ0v) is 12.8. The first-order chi connectivity index (χ1) is 9.36. The van der Waals surface area contributed by atoms with E-state index in [1.54, 1.807) is 0 Å². The van der Waals surface area contributed by atoms with Crippen LogP contribution in [0.3, 0.4) is 0 Å². The van der Waals surface area contributed by atoms with Crippen molar-refractivity contribution in [3.8, 4) is 0 Å². The van der Waals surface area contributed by atoms with Gasteiger partial charge in [0, 0.05) is 12.6 Å². The number of rotatable bonds is 8. The summed E-state index contributed by atoms with van der Waals surface area (Å²) in [5.41, 5.74) is -0.324. The number of H-pyrrole nitrogens is 1. The van der Waals surface area contributed by atoms with E-state index in [2.05, 4.69) is 10.2 Å². The van der Waals surface area contributed by atoms with Crippen LogP contribution >= 0.6 is 0 Å². The Morgan fingerprint density at radius 3 is 2.65 bits per heavy atom. The maximum Gasteiger partial charge on any atom is 0.340 e. The fourth-order valence-corrected chi connectivity index (χ4v) is 3.65. The van der Waals surface area contributed by atoms with Crippen LogP contribution in [0.25, 0.3) is 0 Å². The molecule has 0 aliphatic rings. The molecule has 8 heteroatoms. The monoisotopic (exact) mass is 303 g/mol. The van der Waals surface area contributed by atoms with E-state index >= 15 is 0 Å². The summed E-state index contributed by atoms with van der Waals surface area (Å²) in [5, 5.41) is 14.5. The molecule has 0 spiro atoms. The van der Waals surface area contributed by atoms with Crippen LogP contribution in [0.15, 0.2) is 11.2 Å². The largest absolute Gasteiger partial charge is 0.478 e. The summed E-state index contributed by atoms with van der Waals surface area (Å²) in [6.07, 6.45) is 3.25. The van der Waals surface area contributed by atoms with Crippen molar-refractivity contribution in [1.29, 1.82) is 0 Å². The molecule has 0 saturated heterocycles. The highest BCUT2D eigenvalue weighted by Crippen LogP contribution is 2.21. The molecule has 1 aromatic rings. The van der Waals surface area contributed by atoms with Gasteiger partial charge in [0.2, 0.25) is 0 Å². The van der Waals surface area contributed by atoms with Crippen molar-refractivity contribution in [3.63, 3.8) is 0 Å². The average Bonchev–Trinajstić information content (AvgIpc) is 2.88. The summed E-state index contributed by atoms with van der Waals surface area (Å²) < 4.78 is 26.6.